The average Bonchev–Trinajstić information content (AvgIpc) is 3.01. The van der Waals surface area contributed by atoms with Crippen LogP contribution in [0, 0.1) is 17.6 Å². The molecule has 0 N–H and O–H groups in total. The monoisotopic (exact) mass is 226 g/mol. The number of ether oxygens (including phenoxy) is 1. The molecule has 86 valence electrons. The summed E-state index contributed by atoms with van der Waals surface area (Å²) in [5.41, 5.74) is -0.502. The molecule has 0 unspecified atom stereocenters. The highest BCUT2D eigenvalue weighted by atomic mass is 19.1. The van der Waals surface area contributed by atoms with Crippen LogP contribution in [0.25, 0.3) is 0 Å². The predicted molar refractivity (Wildman–Crippen MR) is 54.2 cm³/mol. The number of carbonyl (C=O) groups excluding carboxylic acids is 1. The standard InChI is InChI=1S/C12H12F2O2/c13-9-2-1-3-10(14)12(9)11(15)7-16-6-8-4-5-8/h1-3,8H,4-7H2. The third-order valence-electron chi connectivity index (χ3n) is 2.53. The lowest BCUT2D eigenvalue weighted by atomic mass is 10.1. The molecule has 0 aromatic heterocycles. The number of hydrogen-bond donors (Lipinski definition) is 0. The Bertz CT molecular complexity index is 380. The van der Waals surface area contributed by atoms with Gasteiger partial charge < -0.3 is 4.74 Å². The molecule has 1 aliphatic carbocycles. The van der Waals surface area contributed by atoms with Crippen LogP contribution in [0.5, 0.6) is 0 Å². The Labute approximate surface area is 92.2 Å². The number of ketones is 1. The molecule has 1 saturated carbocycles. The van der Waals surface area contributed by atoms with Crippen LogP contribution in [-0.2, 0) is 4.74 Å². The van der Waals surface area contributed by atoms with Crippen LogP contribution in [0.1, 0.15) is 23.2 Å². The Morgan fingerprint density at radius 2 is 1.94 bits per heavy atom. The van der Waals surface area contributed by atoms with Gasteiger partial charge in [0.15, 0.2) is 5.78 Å². The van der Waals surface area contributed by atoms with E-state index < -0.39 is 23.0 Å². The Kier molecular flexibility index (Phi) is 3.29. The first-order valence-corrected chi connectivity index (χ1v) is 5.23. The molecular formula is C12H12F2O2. The normalized spacial score (nSPS) is 15.1. The highest BCUT2D eigenvalue weighted by molar-refractivity contribution is 5.97. The van der Waals surface area contributed by atoms with Gasteiger partial charge in [0, 0.05) is 0 Å². The summed E-state index contributed by atoms with van der Waals surface area (Å²) in [6.07, 6.45) is 2.23. The first-order valence-electron chi connectivity index (χ1n) is 5.23. The van der Waals surface area contributed by atoms with E-state index in [-0.39, 0.29) is 6.61 Å². The smallest absolute Gasteiger partial charge is 0.194 e. The summed E-state index contributed by atoms with van der Waals surface area (Å²) < 4.78 is 31.5. The van der Waals surface area contributed by atoms with Crippen LogP contribution < -0.4 is 0 Å². The molecule has 0 amide bonds. The fraction of sp³-hybridized carbons (Fsp3) is 0.417. The van der Waals surface area contributed by atoms with Crippen LogP contribution in [-0.4, -0.2) is 19.0 Å². The first-order chi connectivity index (χ1) is 7.68. The average molecular weight is 226 g/mol. The van der Waals surface area contributed by atoms with Gasteiger partial charge in [0.05, 0.1) is 12.2 Å². The molecule has 2 nitrogen and oxygen atoms in total. The van der Waals surface area contributed by atoms with Crippen molar-refractivity contribution in [2.75, 3.05) is 13.2 Å². The summed E-state index contributed by atoms with van der Waals surface area (Å²) in [6.45, 7) is 0.246. The van der Waals surface area contributed by atoms with Gasteiger partial charge in [-0.1, -0.05) is 6.07 Å². The summed E-state index contributed by atoms with van der Waals surface area (Å²) in [6, 6.07) is 3.36. The fourth-order valence-electron chi connectivity index (χ4n) is 1.44. The molecule has 0 saturated heterocycles. The number of Topliss-reactive ketones (excluding diaryl/α,β-unsaturated/α-hetero) is 1. The van der Waals surface area contributed by atoms with Gasteiger partial charge in [-0.05, 0) is 30.9 Å². The largest absolute Gasteiger partial charge is 0.373 e. The predicted octanol–water partition coefficient (Wildman–Crippen LogP) is 2.57. The molecule has 4 heteroatoms. The Hall–Kier alpha value is -1.29. The first kappa shape index (κ1) is 11.2. The molecule has 1 aliphatic rings. The van der Waals surface area contributed by atoms with Crippen LogP contribution in [0.3, 0.4) is 0 Å². The van der Waals surface area contributed by atoms with Gasteiger partial charge in [0.2, 0.25) is 0 Å². The van der Waals surface area contributed by atoms with Gasteiger partial charge >= 0.3 is 0 Å². The van der Waals surface area contributed by atoms with E-state index in [9.17, 15) is 13.6 Å². The minimum atomic E-state index is -0.833. The van der Waals surface area contributed by atoms with Crippen molar-refractivity contribution in [2.24, 2.45) is 5.92 Å². The zero-order valence-electron chi connectivity index (χ0n) is 8.71. The molecule has 16 heavy (non-hydrogen) atoms. The summed E-state index contributed by atoms with van der Waals surface area (Å²) in [7, 11) is 0. The van der Waals surface area contributed by atoms with E-state index in [1.807, 2.05) is 0 Å². The van der Waals surface area contributed by atoms with Crippen LogP contribution in [0.2, 0.25) is 0 Å². The van der Waals surface area contributed by atoms with Crippen molar-refractivity contribution < 1.29 is 18.3 Å². The minimum absolute atomic E-state index is 0.256. The molecule has 0 radical (unpaired) electrons. The number of rotatable bonds is 5. The van der Waals surface area contributed by atoms with E-state index in [1.54, 1.807) is 0 Å². The van der Waals surface area contributed by atoms with E-state index >= 15 is 0 Å². The highest BCUT2D eigenvalue weighted by Crippen LogP contribution is 2.28. The maximum atomic E-state index is 13.2. The van der Waals surface area contributed by atoms with E-state index in [2.05, 4.69) is 0 Å². The zero-order valence-corrected chi connectivity index (χ0v) is 8.71. The van der Waals surface area contributed by atoms with Crippen molar-refractivity contribution >= 4 is 5.78 Å². The lowest BCUT2D eigenvalue weighted by molar-refractivity contribution is 0.0731. The molecule has 1 fully saturated rings. The van der Waals surface area contributed by atoms with Crippen LogP contribution in [0.4, 0.5) is 8.78 Å². The maximum absolute atomic E-state index is 13.2. The quantitative estimate of drug-likeness (QED) is 0.721. The zero-order chi connectivity index (χ0) is 11.5. The van der Waals surface area contributed by atoms with Gasteiger partial charge in [-0.2, -0.15) is 0 Å². The molecule has 0 bridgehead atoms. The van der Waals surface area contributed by atoms with E-state index in [0.717, 1.165) is 25.0 Å². The second kappa shape index (κ2) is 4.70. The second-order valence-corrected chi connectivity index (χ2v) is 3.98. The SMILES string of the molecule is O=C(COCC1CC1)c1c(F)cccc1F. The third kappa shape index (κ3) is 2.64. The van der Waals surface area contributed by atoms with E-state index in [1.165, 1.54) is 6.07 Å². The topological polar surface area (TPSA) is 26.3 Å². The Balaban J connectivity index is 1.96. The molecule has 1 aromatic rings. The maximum Gasteiger partial charge on any atom is 0.194 e. The van der Waals surface area contributed by atoms with Crippen LogP contribution >= 0.6 is 0 Å². The van der Waals surface area contributed by atoms with E-state index in [4.69, 9.17) is 4.74 Å². The van der Waals surface area contributed by atoms with Crippen molar-refractivity contribution in [1.29, 1.82) is 0 Å². The second-order valence-electron chi connectivity index (χ2n) is 3.98. The summed E-state index contributed by atoms with van der Waals surface area (Å²) >= 11 is 0. The van der Waals surface area contributed by atoms with Crippen LogP contribution in [0.15, 0.2) is 18.2 Å². The molecule has 0 atom stereocenters. The third-order valence-corrected chi connectivity index (χ3v) is 2.53. The molecule has 0 aliphatic heterocycles. The van der Waals surface area contributed by atoms with Gasteiger partial charge in [0.1, 0.15) is 18.2 Å². The highest BCUT2D eigenvalue weighted by Gasteiger charge is 2.22. The van der Waals surface area contributed by atoms with Crippen molar-refractivity contribution in [2.45, 2.75) is 12.8 Å². The number of carbonyl (C=O) groups is 1. The molecule has 1 aromatic carbocycles. The Morgan fingerprint density at radius 1 is 1.31 bits per heavy atom. The fourth-order valence-corrected chi connectivity index (χ4v) is 1.44. The minimum Gasteiger partial charge on any atom is -0.373 e. The lowest BCUT2D eigenvalue weighted by Gasteiger charge is -2.04. The van der Waals surface area contributed by atoms with E-state index in [0.29, 0.717) is 12.5 Å². The summed E-state index contributed by atoms with van der Waals surface area (Å²) in [5, 5.41) is 0. The molecular weight excluding hydrogens is 214 g/mol. The van der Waals surface area contributed by atoms with Crippen molar-refractivity contribution in [3.05, 3.63) is 35.4 Å². The van der Waals surface area contributed by atoms with Gasteiger partial charge in [0.25, 0.3) is 0 Å². The number of benzene rings is 1. The van der Waals surface area contributed by atoms with Crippen molar-refractivity contribution in [3.63, 3.8) is 0 Å². The van der Waals surface area contributed by atoms with Crippen molar-refractivity contribution in [3.8, 4) is 0 Å². The molecule has 0 spiro atoms. The lowest BCUT2D eigenvalue weighted by Crippen LogP contribution is -2.14. The summed E-state index contributed by atoms with van der Waals surface area (Å²) in [5.74, 6) is -1.78. The number of hydrogen-bond acceptors (Lipinski definition) is 2. The van der Waals surface area contributed by atoms with Gasteiger partial charge in [-0.15, -0.1) is 0 Å². The van der Waals surface area contributed by atoms with Gasteiger partial charge in [-0.25, -0.2) is 8.78 Å². The van der Waals surface area contributed by atoms with Gasteiger partial charge in [-0.3, -0.25) is 4.79 Å². The number of halogens is 2. The summed E-state index contributed by atoms with van der Waals surface area (Å²) in [4.78, 5) is 11.5. The molecule has 0 heterocycles. The van der Waals surface area contributed by atoms with Crippen molar-refractivity contribution in [1.82, 2.24) is 0 Å². The Morgan fingerprint density at radius 3 is 2.50 bits per heavy atom. The molecule has 2 rings (SSSR count).